The topological polar surface area (TPSA) is 26.0 Å². The Hall–Kier alpha value is -0.830. The molecule has 0 aliphatic heterocycles. The summed E-state index contributed by atoms with van der Waals surface area (Å²) in [7, 11) is 0. The summed E-state index contributed by atoms with van der Waals surface area (Å²) in [6.45, 7) is 4.14. The highest BCUT2D eigenvalue weighted by atomic mass is 79.9. The van der Waals surface area contributed by atoms with Gasteiger partial charge in [-0.1, -0.05) is 64.8 Å². The molecule has 0 bridgehead atoms. The average Bonchev–Trinajstić information content (AvgIpc) is 2.38. The van der Waals surface area contributed by atoms with Crippen molar-refractivity contribution in [3.8, 4) is 0 Å². The molecule has 0 aliphatic carbocycles. The van der Waals surface area contributed by atoms with Crippen LogP contribution in [0.25, 0.3) is 0 Å². The van der Waals surface area contributed by atoms with Gasteiger partial charge in [-0.2, -0.15) is 0 Å². The summed E-state index contributed by atoms with van der Waals surface area (Å²) in [4.78, 5) is 0. The summed E-state index contributed by atoms with van der Waals surface area (Å²) in [6, 6.07) is 14.2. The number of benzene rings is 2. The average molecular weight is 339 g/mol. The van der Waals surface area contributed by atoms with Crippen molar-refractivity contribution >= 4 is 27.5 Å². The minimum Gasteiger partial charge on any atom is -0.318 e. The molecular formula is C16H17BrClN. The van der Waals surface area contributed by atoms with Gasteiger partial charge in [-0.15, -0.1) is 0 Å². The van der Waals surface area contributed by atoms with Crippen LogP contribution in [0, 0.1) is 0 Å². The van der Waals surface area contributed by atoms with E-state index < -0.39 is 5.54 Å². The van der Waals surface area contributed by atoms with E-state index in [1.54, 1.807) is 0 Å². The molecule has 19 heavy (non-hydrogen) atoms. The van der Waals surface area contributed by atoms with Crippen LogP contribution in [0.4, 0.5) is 0 Å². The number of hydrogen-bond donors (Lipinski definition) is 1. The standard InChI is InChI=1S/C16H17BrClN/c1-3-11-5-4-6-12(9-11)16(2,19)14-8-7-13(17)10-15(14)18/h4-10H,3,19H2,1-2H3. The fourth-order valence-corrected chi connectivity index (χ4v) is 3.05. The van der Waals surface area contributed by atoms with Crippen LogP contribution in [0.2, 0.25) is 5.02 Å². The SMILES string of the molecule is CCc1cccc(C(C)(N)c2ccc(Br)cc2Cl)c1. The van der Waals surface area contributed by atoms with Gasteiger partial charge in [0.25, 0.3) is 0 Å². The Morgan fingerprint density at radius 3 is 2.58 bits per heavy atom. The fraction of sp³-hybridized carbons (Fsp3) is 0.250. The number of rotatable bonds is 3. The van der Waals surface area contributed by atoms with E-state index >= 15 is 0 Å². The number of nitrogens with two attached hydrogens (primary N) is 1. The third kappa shape index (κ3) is 3.02. The highest BCUT2D eigenvalue weighted by Crippen LogP contribution is 2.33. The molecule has 1 unspecified atom stereocenters. The van der Waals surface area contributed by atoms with E-state index in [1.165, 1.54) is 5.56 Å². The molecule has 2 rings (SSSR count). The molecule has 0 aliphatic rings. The van der Waals surface area contributed by atoms with Crippen molar-refractivity contribution < 1.29 is 0 Å². The second-order valence-corrected chi connectivity index (χ2v) is 6.20. The summed E-state index contributed by atoms with van der Waals surface area (Å²) < 4.78 is 0.958. The number of halogens is 2. The van der Waals surface area contributed by atoms with Crippen LogP contribution in [0.15, 0.2) is 46.9 Å². The first-order chi connectivity index (χ1) is 8.95. The van der Waals surface area contributed by atoms with Gasteiger partial charge in [-0.3, -0.25) is 0 Å². The molecule has 1 atom stereocenters. The lowest BCUT2D eigenvalue weighted by Crippen LogP contribution is -2.34. The summed E-state index contributed by atoms with van der Waals surface area (Å²) in [5.74, 6) is 0. The van der Waals surface area contributed by atoms with Gasteiger partial charge in [0.05, 0.1) is 5.54 Å². The van der Waals surface area contributed by atoms with Gasteiger partial charge < -0.3 is 5.73 Å². The highest BCUT2D eigenvalue weighted by molar-refractivity contribution is 9.10. The van der Waals surface area contributed by atoms with Crippen LogP contribution < -0.4 is 5.73 Å². The van der Waals surface area contributed by atoms with E-state index in [2.05, 4.69) is 41.1 Å². The Kier molecular flexibility index (Phi) is 4.34. The third-order valence-electron chi connectivity index (χ3n) is 3.43. The largest absolute Gasteiger partial charge is 0.318 e. The molecule has 0 heterocycles. The highest BCUT2D eigenvalue weighted by Gasteiger charge is 2.26. The number of hydrogen-bond acceptors (Lipinski definition) is 1. The van der Waals surface area contributed by atoms with Crippen molar-refractivity contribution in [2.24, 2.45) is 5.73 Å². The van der Waals surface area contributed by atoms with Crippen LogP contribution in [0.3, 0.4) is 0 Å². The molecule has 0 spiro atoms. The van der Waals surface area contributed by atoms with E-state index in [1.807, 2.05) is 31.2 Å². The van der Waals surface area contributed by atoms with E-state index in [4.69, 9.17) is 17.3 Å². The second-order valence-electron chi connectivity index (χ2n) is 4.88. The Labute approximate surface area is 127 Å². The molecule has 0 saturated heterocycles. The van der Waals surface area contributed by atoms with Crippen LogP contribution in [0.5, 0.6) is 0 Å². The molecule has 0 amide bonds. The first-order valence-corrected chi connectivity index (χ1v) is 7.46. The van der Waals surface area contributed by atoms with E-state index in [-0.39, 0.29) is 0 Å². The minimum atomic E-state index is -0.594. The Morgan fingerprint density at radius 2 is 1.95 bits per heavy atom. The van der Waals surface area contributed by atoms with Gasteiger partial charge in [0, 0.05) is 9.50 Å². The van der Waals surface area contributed by atoms with Gasteiger partial charge in [-0.25, -0.2) is 0 Å². The molecule has 100 valence electrons. The zero-order valence-corrected chi connectivity index (χ0v) is 13.4. The summed E-state index contributed by atoms with van der Waals surface area (Å²) in [5.41, 5.74) is 9.24. The first-order valence-electron chi connectivity index (χ1n) is 6.29. The summed E-state index contributed by atoms with van der Waals surface area (Å²) in [6.07, 6.45) is 0.998. The molecule has 2 N–H and O–H groups in total. The molecule has 0 saturated carbocycles. The maximum absolute atomic E-state index is 6.53. The van der Waals surface area contributed by atoms with E-state index in [0.29, 0.717) is 5.02 Å². The van der Waals surface area contributed by atoms with Gasteiger partial charge in [0.15, 0.2) is 0 Å². The van der Waals surface area contributed by atoms with Crippen molar-refractivity contribution in [3.05, 3.63) is 68.7 Å². The first kappa shape index (κ1) is 14.6. The predicted octanol–water partition coefficient (Wildman–Crippen LogP) is 4.89. The quantitative estimate of drug-likeness (QED) is 0.847. The second kappa shape index (κ2) is 5.66. The Balaban J connectivity index is 2.51. The third-order valence-corrected chi connectivity index (χ3v) is 4.23. The van der Waals surface area contributed by atoms with Crippen molar-refractivity contribution in [2.75, 3.05) is 0 Å². The normalized spacial score (nSPS) is 14.2. The van der Waals surface area contributed by atoms with Crippen LogP contribution in [-0.4, -0.2) is 0 Å². The van der Waals surface area contributed by atoms with Crippen molar-refractivity contribution in [3.63, 3.8) is 0 Å². The van der Waals surface area contributed by atoms with E-state index in [0.717, 1.165) is 22.0 Å². The smallest absolute Gasteiger partial charge is 0.0651 e. The molecule has 0 aromatic heterocycles. The molecule has 3 heteroatoms. The summed E-state index contributed by atoms with van der Waals surface area (Å²) in [5, 5.41) is 0.682. The van der Waals surface area contributed by atoms with Gasteiger partial charge in [-0.05, 0) is 42.2 Å². The maximum atomic E-state index is 6.53. The lowest BCUT2D eigenvalue weighted by molar-refractivity contribution is 0.602. The molecule has 2 aromatic carbocycles. The molecule has 1 nitrogen and oxygen atoms in total. The van der Waals surface area contributed by atoms with Crippen molar-refractivity contribution in [2.45, 2.75) is 25.8 Å². The lowest BCUT2D eigenvalue weighted by atomic mass is 9.85. The zero-order valence-electron chi connectivity index (χ0n) is 11.1. The van der Waals surface area contributed by atoms with Crippen molar-refractivity contribution in [1.29, 1.82) is 0 Å². The van der Waals surface area contributed by atoms with E-state index in [9.17, 15) is 0 Å². The number of aryl methyl sites for hydroxylation is 1. The van der Waals surface area contributed by atoms with Crippen LogP contribution >= 0.6 is 27.5 Å². The van der Waals surface area contributed by atoms with Gasteiger partial charge in [0.2, 0.25) is 0 Å². The molecular weight excluding hydrogens is 322 g/mol. The molecule has 2 aromatic rings. The summed E-state index contributed by atoms with van der Waals surface area (Å²) >= 11 is 9.74. The van der Waals surface area contributed by atoms with Gasteiger partial charge in [0.1, 0.15) is 0 Å². The van der Waals surface area contributed by atoms with Crippen LogP contribution in [-0.2, 0) is 12.0 Å². The predicted molar refractivity (Wildman–Crippen MR) is 85.6 cm³/mol. The Morgan fingerprint density at radius 1 is 1.21 bits per heavy atom. The molecule has 0 radical (unpaired) electrons. The maximum Gasteiger partial charge on any atom is 0.0651 e. The molecule has 0 fully saturated rings. The monoisotopic (exact) mass is 337 g/mol. The van der Waals surface area contributed by atoms with Gasteiger partial charge >= 0.3 is 0 Å². The van der Waals surface area contributed by atoms with Crippen LogP contribution in [0.1, 0.15) is 30.5 Å². The lowest BCUT2D eigenvalue weighted by Gasteiger charge is -2.27. The minimum absolute atomic E-state index is 0.594. The Bertz CT molecular complexity index is 593. The zero-order chi connectivity index (χ0) is 14.0. The fourth-order valence-electron chi connectivity index (χ4n) is 2.18. The van der Waals surface area contributed by atoms with Crippen molar-refractivity contribution in [1.82, 2.24) is 0 Å².